The van der Waals surface area contributed by atoms with Crippen LogP contribution < -0.4 is 10.1 Å². The summed E-state index contributed by atoms with van der Waals surface area (Å²) in [6.07, 6.45) is 6.07. The highest BCUT2D eigenvalue weighted by Gasteiger charge is 2.20. The number of aryl methyl sites for hydroxylation is 3. The molecule has 0 aliphatic carbocycles. The van der Waals surface area contributed by atoms with E-state index < -0.39 is 0 Å². The van der Waals surface area contributed by atoms with Crippen LogP contribution in [0.1, 0.15) is 64.3 Å². The molecule has 3 rings (SSSR count). The fourth-order valence-corrected chi connectivity index (χ4v) is 4.00. The summed E-state index contributed by atoms with van der Waals surface area (Å²) in [6.45, 7) is 10.2. The molecule has 0 atom stereocenters. The van der Waals surface area contributed by atoms with Crippen molar-refractivity contribution in [2.24, 2.45) is 5.41 Å². The third-order valence-corrected chi connectivity index (χ3v) is 6.38. The van der Waals surface area contributed by atoms with Gasteiger partial charge >= 0.3 is 0 Å². The fraction of sp³-hybridized carbons (Fsp3) is 0.500. The maximum atomic E-state index is 12.0. The zero-order valence-corrected chi connectivity index (χ0v) is 21.8. The summed E-state index contributed by atoms with van der Waals surface area (Å²) >= 11 is 6.09. The normalized spacial score (nSPS) is 11.7. The average Bonchev–Trinajstić information content (AvgIpc) is 3.14. The molecular formula is C28H38ClN3O2. The molecular weight excluding hydrogens is 446 g/mol. The van der Waals surface area contributed by atoms with Gasteiger partial charge in [-0.15, -0.1) is 0 Å². The second-order valence-corrected chi connectivity index (χ2v) is 10.4. The number of imidazole rings is 1. The molecule has 6 heteroatoms. The summed E-state index contributed by atoms with van der Waals surface area (Å²) in [7, 11) is 0. The lowest BCUT2D eigenvalue weighted by Gasteiger charge is -2.17. The number of hydrogen-bond donors (Lipinski definition) is 1. The van der Waals surface area contributed by atoms with Crippen molar-refractivity contribution in [3.63, 3.8) is 0 Å². The third kappa shape index (κ3) is 7.49. The fourth-order valence-electron chi connectivity index (χ4n) is 3.89. The molecule has 184 valence electrons. The van der Waals surface area contributed by atoms with Crippen LogP contribution in [0.5, 0.6) is 5.75 Å². The molecule has 0 aliphatic rings. The van der Waals surface area contributed by atoms with E-state index >= 15 is 0 Å². The number of carbonyl (C=O) groups is 1. The molecule has 1 heterocycles. The van der Waals surface area contributed by atoms with E-state index in [1.807, 2.05) is 52.0 Å². The molecule has 0 fully saturated rings. The van der Waals surface area contributed by atoms with E-state index in [0.717, 1.165) is 79.3 Å². The van der Waals surface area contributed by atoms with Gasteiger partial charge in [0.1, 0.15) is 11.6 Å². The van der Waals surface area contributed by atoms with Crippen molar-refractivity contribution in [2.45, 2.75) is 72.8 Å². The predicted octanol–water partition coefficient (Wildman–Crippen LogP) is 6.73. The van der Waals surface area contributed by atoms with Gasteiger partial charge in [0.25, 0.3) is 0 Å². The number of hydrogen-bond acceptors (Lipinski definition) is 3. The number of unbranched alkanes of at least 4 members (excludes halogenated alkanes) is 3. The van der Waals surface area contributed by atoms with E-state index in [0.29, 0.717) is 6.61 Å². The molecule has 0 saturated heterocycles. The molecule has 3 aromatic rings. The van der Waals surface area contributed by atoms with Gasteiger partial charge in [0.15, 0.2) is 0 Å². The van der Waals surface area contributed by atoms with Gasteiger partial charge < -0.3 is 14.6 Å². The number of carbonyl (C=O) groups excluding carboxylic acids is 1. The summed E-state index contributed by atoms with van der Waals surface area (Å²) in [5.41, 5.74) is 2.96. The molecule has 1 N–H and O–H groups in total. The quantitative estimate of drug-likeness (QED) is 0.290. The van der Waals surface area contributed by atoms with E-state index in [4.69, 9.17) is 21.3 Å². The van der Waals surface area contributed by atoms with Crippen LogP contribution in [0.2, 0.25) is 5.02 Å². The molecule has 34 heavy (non-hydrogen) atoms. The first-order valence-electron chi connectivity index (χ1n) is 12.4. The number of nitrogens with zero attached hydrogens (tertiary/aromatic N) is 2. The Hall–Kier alpha value is -2.53. The Balaban J connectivity index is 1.46. The van der Waals surface area contributed by atoms with E-state index in [1.165, 1.54) is 5.52 Å². The topological polar surface area (TPSA) is 56.1 Å². The highest BCUT2D eigenvalue weighted by molar-refractivity contribution is 6.31. The first-order valence-corrected chi connectivity index (χ1v) is 12.7. The summed E-state index contributed by atoms with van der Waals surface area (Å²) in [6, 6.07) is 14.2. The predicted molar refractivity (Wildman–Crippen MR) is 141 cm³/mol. The summed E-state index contributed by atoms with van der Waals surface area (Å²) in [4.78, 5) is 16.9. The number of rotatable bonds is 12. The lowest BCUT2D eigenvalue weighted by Crippen LogP contribution is -2.35. The number of benzene rings is 2. The number of ether oxygens (including phenoxy) is 1. The number of amides is 1. The number of para-hydroxylation sites is 2. The maximum Gasteiger partial charge on any atom is 0.225 e. The van der Waals surface area contributed by atoms with E-state index in [-0.39, 0.29) is 11.3 Å². The minimum Gasteiger partial charge on any atom is -0.494 e. The molecule has 1 amide bonds. The first kappa shape index (κ1) is 26.1. The molecule has 0 radical (unpaired) electrons. The molecule has 0 spiro atoms. The Morgan fingerprint density at radius 2 is 1.85 bits per heavy atom. The van der Waals surface area contributed by atoms with E-state index in [1.54, 1.807) is 0 Å². The Kier molecular flexibility index (Phi) is 9.40. The highest BCUT2D eigenvalue weighted by Crippen LogP contribution is 2.22. The summed E-state index contributed by atoms with van der Waals surface area (Å²) in [5, 5.41) is 3.80. The zero-order valence-electron chi connectivity index (χ0n) is 21.0. The van der Waals surface area contributed by atoms with Gasteiger partial charge in [-0.2, -0.15) is 0 Å². The van der Waals surface area contributed by atoms with Crippen LogP contribution in [0.4, 0.5) is 0 Å². The first-order chi connectivity index (χ1) is 16.3. The van der Waals surface area contributed by atoms with Crippen LogP contribution in [0.3, 0.4) is 0 Å². The SMILES string of the molecule is Cc1cc(OCCCCn2c(CCCCCNC(=O)C(C)(C)C)nc3ccccc32)ccc1Cl. The van der Waals surface area contributed by atoms with Gasteiger partial charge in [0.05, 0.1) is 17.6 Å². The van der Waals surface area contributed by atoms with Crippen molar-refractivity contribution in [3.05, 3.63) is 58.9 Å². The Bertz CT molecular complexity index is 1080. The number of nitrogens with one attached hydrogen (secondary N) is 1. The molecule has 0 bridgehead atoms. The van der Waals surface area contributed by atoms with Gasteiger partial charge in [0, 0.05) is 29.9 Å². The van der Waals surface area contributed by atoms with Crippen LogP contribution in [0.25, 0.3) is 11.0 Å². The Labute approximate surface area is 208 Å². The van der Waals surface area contributed by atoms with Crippen LogP contribution in [-0.4, -0.2) is 28.6 Å². The maximum absolute atomic E-state index is 12.0. The standard InChI is InChI=1S/C28H38ClN3O2/c1-21-20-22(15-16-23(21)29)34-19-11-10-18-32-25-13-8-7-12-24(25)31-26(32)14-6-5-9-17-30-27(33)28(2,3)4/h7-8,12-13,15-16,20H,5-6,9-11,14,17-19H2,1-4H3,(H,30,33). The van der Waals surface area contributed by atoms with Crippen molar-refractivity contribution in [3.8, 4) is 5.75 Å². The van der Waals surface area contributed by atoms with Crippen LogP contribution >= 0.6 is 11.6 Å². The second kappa shape index (κ2) is 12.3. The molecule has 5 nitrogen and oxygen atoms in total. The Morgan fingerprint density at radius 1 is 1.06 bits per heavy atom. The zero-order chi connectivity index (χ0) is 24.6. The molecule has 1 aromatic heterocycles. The minimum atomic E-state index is -0.330. The van der Waals surface area contributed by atoms with Crippen molar-refractivity contribution < 1.29 is 9.53 Å². The van der Waals surface area contributed by atoms with Crippen molar-refractivity contribution in [1.29, 1.82) is 0 Å². The molecule has 2 aromatic carbocycles. The molecule has 0 unspecified atom stereocenters. The van der Waals surface area contributed by atoms with Gasteiger partial charge in [-0.05, 0) is 68.5 Å². The van der Waals surface area contributed by atoms with Crippen molar-refractivity contribution in [2.75, 3.05) is 13.2 Å². The largest absolute Gasteiger partial charge is 0.494 e. The number of aromatic nitrogens is 2. The van der Waals surface area contributed by atoms with Gasteiger partial charge in [-0.1, -0.05) is 50.9 Å². The van der Waals surface area contributed by atoms with Gasteiger partial charge in [-0.3, -0.25) is 4.79 Å². The van der Waals surface area contributed by atoms with Crippen molar-refractivity contribution in [1.82, 2.24) is 14.9 Å². The third-order valence-electron chi connectivity index (χ3n) is 5.95. The minimum absolute atomic E-state index is 0.115. The summed E-state index contributed by atoms with van der Waals surface area (Å²) < 4.78 is 8.27. The van der Waals surface area contributed by atoms with Crippen LogP contribution in [-0.2, 0) is 17.8 Å². The lowest BCUT2D eigenvalue weighted by atomic mass is 9.96. The van der Waals surface area contributed by atoms with Crippen LogP contribution in [0.15, 0.2) is 42.5 Å². The Morgan fingerprint density at radius 3 is 2.62 bits per heavy atom. The summed E-state index contributed by atoms with van der Waals surface area (Å²) in [5.74, 6) is 2.13. The average molecular weight is 484 g/mol. The van der Waals surface area contributed by atoms with Crippen molar-refractivity contribution >= 4 is 28.5 Å². The highest BCUT2D eigenvalue weighted by atomic mass is 35.5. The lowest BCUT2D eigenvalue weighted by molar-refractivity contribution is -0.128. The van der Waals surface area contributed by atoms with E-state index in [9.17, 15) is 4.79 Å². The molecule has 0 aliphatic heterocycles. The van der Waals surface area contributed by atoms with Crippen LogP contribution in [0, 0.1) is 12.3 Å². The monoisotopic (exact) mass is 483 g/mol. The molecule has 0 saturated carbocycles. The second-order valence-electron chi connectivity index (χ2n) is 9.95. The smallest absolute Gasteiger partial charge is 0.225 e. The number of fused-ring (bicyclic) bond motifs is 1. The van der Waals surface area contributed by atoms with Gasteiger partial charge in [0.2, 0.25) is 5.91 Å². The van der Waals surface area contributed by atoms with E-state index in [2.05, 4.69) is 28.1 Å². The van der Waals surface area contributed by atoms with Gasteiger partial charge in [-0.25, -0.2) is 4.98 Å². The number of halogens is 1.